The Morgan fingerprint density at radius 3 is 2.50 bits per heavy atom. The molecule has 0 aliphatic carbocycles. The number of piperazine rings is 1. The van der Waals surface area contributed by atoms with Crippen LogP contribution in [0.4, 0.5) is 4.79 Å². The largest absolute Gasteiger partial charge is 0.449 e. The number of aromatic nitrogens is 1. The van der Waals surface area contributed by atoms with Gasteiger partial charge in [-0.15, -0.1) is 0 Å². The molecule has 1 aromatic heterocycles. The van der Waals surface area contributed by atoms with E-state index in [1.165, 1.54) is 0 Å². The molecular formula is C14H23N3O3. The third-order valence-electron chi connectivity index (χ3n) is 3.08. The number of hydrogen-bond acceptors (Lipinski definition) is 5. The zero-order chi connectivity index (χ0) is 14.8. The number of amides is 1. The summed E-state index contributed by atoms with van der Waals surface area (Å²) in [6.45, 7) is 11.3. The van der Waals surface area contributed by atoms with Gasteiger partial charge in [0.15, 0.2) is 5.89 Å². The molecule has 1 fully saturated rings. The van der Waals surface area contributed by atoms with Crippen molar-refractivity contribution in [3.63, 3.8) is 0 Å². The van der Waals surface area contributed by atoms with E-state index < -0.39 is 5.60 Å². The minimum absolute atomic E-state index is 0.227. The van der Waals surface area contributed by atoms with Gasteiger partial charge in [0.25, 0.3) is 0 Å². The van der Waals surface area contributed by atoms with Crippen molar-refractivity contribution < 1.29 is 13.9 Å². The third-order valence-corrected chi connectivity index (χ3v) is 3.08. The highest BCUT2D eigenvalue weighted by Gasteiger charge is 2.26. The Balaban J connectivity index is 1.79. The van der Waals surface area contributed by atoms with Crippen LogP contribution in [0.2, 0.25) is 0 Å². The summed E-state index contributed by atoms with van der Waals surface area (Å²) >= 11 is 0. The summed E-state index contributed by atoms with van der Waals surface area (Å²) in [6.07, 6.45) is 1.46. The molecule has 1 aliphatic rings. The first kappa shape index (κ1) is 14.8. The highest BCUT2D eigenvalue weighted by Crippen LogP contribution is 2.13. The molecule has 20 heavy (non-hydrogen) atoms. The number of oxazole rings is 1. The molecule has 0 saturated carbocycles. The molecule has 6 heteroatoms. The van der Waals surface area contributed by atoms with Crippen molar-refractivity contribution in [2.75, 3.05) is 26.2 Å². The van der Waals surface area contributed by atoms with E-state index in [4.69, 9.17) is 9.15 Å². The van der Waals surface area contributed by atoms with Crippen molar-refractivity contribution in [2.24, 2.45) is 0 Å². The maximum atomic E-state index is 11.9. The Hall–Kier alpha value is -1.56. The monoisotopic (exact) mass is 281 g/mol. The van der Waals surface area contributed by atoms with E-state index in [-0.39, 0.29) is 6.09 Å². The van der Waals surface area contributed by atoms with Gasteiger partial charge in [0.05, 0.1) is 5.69 Å². The summed E-state index contributed by atoms with van der Waals surface area (Å²) < 4.78 is 10.6. The van der Waals surface area contributed by atoms with Crippen LogP contribution in [0.3, 0.4) is 0 Å². The number of ether oxygens (including phenoxy) is 1. The zero-order valence-corrected chi connectivity index (χ0v) is 12.7. The molecular weight excluding hydrogens is 258 g/mol. The van der Waals surface area contributed by atoms with E-state index >= 15 is 0 Å². The van der Waals surface area contributed by atoms with Crippen LogP contribution >= 0.6 is 0 Å². The molecule has 0 unspecified atom stereocenters. The van der Waals surface area contributed by atoms with Gasteiger partial charge in [0, 0.05) is 39.6 Å². The molecule has 2 rings (SSSR count). The number of aryl methyl sites for hydroxylation is 1. The predicted molar refractivity (Wildman–Crippen MR) is 74.3 cm³/mol. The van der Waals surface area contributed by atoms with Crippen LogP contribution in [0.1, 0.15) is 32.4 Å². The van der Waals surface area contributed by atoms with Crippen molar-refractivity contribution in [1.29, 1.82) is 0 Å². The van der Waals surface area contributed by atoms with E-state index in [9.17, 15) is 4.79 Å². The van der Waals surface area contributed by atoms with Gasteiger partial charge in [-0.25, -0.2) is 9.78 Å². The van der Waals surface area contributed by atoms with Crippen LogP contribution in [0.5, 0.6) is 0 Å². The van der Waals surface area contributed by atoms with Gasteiger partial charge in [-0.2, -0.15) is 0 Å². The Kier molecular flexibility index (Phi) is 4.32. The highest BCUT2D eigenvalue weighted by molar-refractivity contribution is 5.68. The van der Waals surface area contributed by atoms with Gasteiger partial charge >= 0.3 is 6.09 Å². The molecule has 0 radical (unpaired) electrons. The van der Waals surface area contributed by atoms with Gasteiger partial charge in [-0.3, -0.25) is 4.90 Å². The molecule has 0 bridgehead atoms. The lowest BCUT2D eigenvalue weighted by molar-refractivity contribution is 0.0138. The molecule has 2 heterocycles. The minimum Gasteiger partial charge on any atom is -0.449 e. The molecule has 6 nitrogen and oxygen atoms in total. The van der Waals surface area contributed by atoms with Gasteiger partial charge < -0.3 is 14.1 Å². The summed E-state index contributed by atoms with van der Waals surface area (Å²) in [6, 6.07) is 0. The van der Waals surface area contributed by atoms with Gasteiger partial charge in [0.2, 0.25) is 0 Å². The lowest BCUT2D eigenvalue weighted by Gasteiger charge is -2.35. The van der Waals surface area contributed by atoms with E-state index in [0.29, 0.717) is 19.0 Å². The standard InChI is InChI=1S/C14H23N3O3/c1-11-15-12(10-19-11)9-16-5-7-17(8-6-16)13(18)20-14(2,3)4/h10H,5-9H2,1-4H3. The van der Waals surface area contributed by atoms with Crippen LogP contribution in [-0.4, -0.2) is 52.7 Å². The second-order valence-corrected chi connectivity index (χ2v) is 6.10. The summed E-state index contributed by atoms with van der Waals surface area (Å²) in [5, 5.41) is 0. The number of carbonyl (C=O) groups is 1. The third kappa shape index (κ3) is 4.23. The maximum Gasteiger partial charge on any atom is 0.410 e. The average molecular weight is 281 g/mol. The molecule has 112 valence electrons. The molecule has 1 saturated heterocycles. The maximum absolute atomic E-state index is 11.9. The first-order valence-electron chi connectivity index (χ1n) is 6.95. The van der Waals surface area contributed by atoms with Crippen LogP contribution in [0, 0.1) is 6.92 Å². The molecule has 1 aromatic rings. The molecule has 1 aliphatic heterocycles. The summed E-state index contributed by atoms with van der Waals surface area (Å²) in [5.41, 5.74) is 0.500. The zero-order valence-electron chi connectivity index (χ0n) is 12.7. The minimum atomic E-state index is -0.438. The van der Waals surface area contributed by atoms with Crippen LogP contribution < -0.4 is 0 Å². The number of nitrogens with zero attached hydrogens (tertiary/aromatic N) is 3. The second-order valence-electron chi connectivity index (χ2n) is 6.10. The van der Waals surface area contributed by atoms with Crippen molar-refractivity contribution in [1.82, 2.24) is 14.8 Å². The fourth-order valence-electron chi connectivity index (χ4n) is 2.12. The first-order chi connectivity index (χ1) is 9.33. The summed E-state index contributed by atoms with van der Waals surface area (Å²) in [5.74, 6) is 0.687. The predicted octanol–water partition coefficient (Wildman–Crippen LogP) is 2.04. The van der Waals surface area contributed by atoms with Crippen molar-refractivity contribution >= 4 is 6.09 Å². The SMILES string of the molecule is Cc1nc(CN2CCN(C(=O)OC(C)(C)C)CC2)co1. The van der Waals surface area contributed by atoms with Crippen molar-refractivity contribution in [2.45, 2.75) is 39.8 Å². The normalized spacial score (nSPS) is 17.3. The van der Waals surface area contributed by atoms with E-state index in [1.54, 1.807) is 11.2 Å². The lowest BCUT2D eigenvalue weighted by Crippen LogP contribution is -2.49. The summed E-state index contributed by atoms with van der Waals surface area (Å²) in [4.78, 5) is 20.3. The fourth-order valence-corrected chi connectivity index (χ4v) is 2.12. The van der Waals surface area contributed by atoms with Crippen molar-refractivity contribution in [3.8, 4) is 0 Å². The van der Waals surface area contributed by atoms with E-state index in [2.05, 4.69) is 9.88 Å². The summed E-state index contributed by atoms with van der Waals surface area (Å²) in [7, 11) is 0. The lowest BCUT2D eigenvalue weighted by atomic mass is 10.2. The fraction of sp³-hybridized carbons (Fsp3) is 0.714. The Morgan fingerprint density at radius 1 is 1.35 bits per heavy atom. The molecule has 0 aromatic carbocycles. The molecule has 0 N–H and O–H groups in total. The average Bonchev–Trinajstić information content (AvgIpc) is 2.73. The Bertz CT molecular complexity index is 456. The van der Waals surface area contributed by atoms with Gasteiger partial charge in [-0.1, -0.05) is 0 Å². The van der Waals surface area contributed by atoms with Crippen LogP contribution in [0.25, 0.3) is 0 Å². The van der Waals surface area contributed by atoms with Crippen molar-refractivity contribution in [3.05, 3.63) is 17.8 Å². The topological polar surface area (TPSA) is 58.8 Å². The molecule has 0 atom stereocenters. The second kappa shape index (κ2) is 5.83. The Morgan fingerprint density at radius 2 is 2.00 bits per heavy atom. The van der Waals surface area contributed by atoms with Crippen LogP contribution in [-0.2, 0) is 11.3 Å². The Labute approximate surface area is 119 Å². The number of hydrogen-bond donors (Lipinski definition) is 0. The molecule has 0 spiro atoms. The quantitative estimate of drug-likeness (QED) is 0.830. The molecule has 1 amide bonds. The highest BCUT2D eigenvalue weighted by atomic mass is 16.6. The first-order valence-corrected chi connectivity index (χ1v) is 6.95. The van der Waals surface area contributed by atoms with Gasteiger partial charge in [0.1, 0.15) is 11.9 Å². The number of rotatable bonds is 2. The van der Waals surface area contributed by atoms with Gasteiger partial charge in [-0.05, 0) is 20.8 Å². The number of carbonyl (C=O) groups excluding carboxylic acids is 1. The van der Waals surface area contributed by atoms with E-state index in [1.807, 2.05) is 27.7 Å². The van der Waals surface area contributed by atoms with Crippen LogP contribution in [0.15, 0.2) is 10.7 Å². The van der Waals surface area contributed by atoms with E-state index in [0.717, 1.165) is 25.3 Å². The smallest absolute Gasteiger partial charge is 0.410 e.